The molecule has 0 spiro atoms. The Bertz CT molecular complexity index is 1830. The molecule has 2 heterocycles. The molecule has 8 nitrogen and oxygen atoms in total. The summed E-state index contributed by atoms with van der Waals surface area (Å²) in [7, 11) is -6.91. The molecule has 0 bridgehead atoms. The zero-order valence-electron chi connectivity index (χ0n) is 35.2. The molecule has 1 aliphatic rings. The first-order chi connectivity index (χ1) is 24.1. The van der Waals surface area contributed by atoms with Crippen LogP contribution in [-0.2, 0) is 24.4 Å². The molecule has 0 amide bonds. The fraction of sp³-hybridized carbons (Fsp3) is 0.610. The smallest absolute Gasteiger partial charge is 0.328 e. The second-order valence-electron chi connectivity index (χ2n) is 19.4. The highest BCUT2D eigenvalue weighted by molar-refractivity contribution is 7.71. The Morgan fingerprint density at radius 1 is 0.774 bits per heavy atom. The van der Waals surface area contributed by atoms with Crippen LogP contribution in [0.2, 0.25) is 54.4 Å². The van der Waals surface area contributed by atoms with Crippen LogP contribution in [0.3, 0.4) is 0 Å². The minimum Gasteiger partial charge on any atom is -0.457 e. The average molecular weight is 799 g/mol. The van der Waals surface area contributed by atoms with Gasteiger partial charge in [0.2, 0.25) is 0 Å². The molecule has 4 rings (SSSR count). The van der Waals surface area contributed by atoms with Crippen molar-refractivity contribution in [1.82, 2.24) is 9.55 Å². The van der Waals surface area contributed by atoms with Crippen molar-refractivity contribution in [2.75, 3.05) is 6.61 Å². The quantitative estimate of drug-likeness (QED) is 0.144. The second kappa shape index (κ2) is 15.8. The molecule has 0 saturated carbocycles. The van der Waals surface area contributed by atoms with Crippen molar-refractivity contribution in [3.8, 4) is 11.5 Å². The molecule has 0 radical (unpaired) electrons. The highest BCUT2D eigenvalue weighted by atomic mass is 32.1. The van der Waals surface area contributed by atoms with E-state index in [1.807, 2.05) is 54.7 Å². The van der Waals surface area contributed by atoms with Gasteiger partial charge >= 0.3 is 5.69 Å². The fourth-order valence-electron chi connectivity index (χ4n) is 5.40. The number of aryl methyl sites for hydroxylation is 1. The average Bonchev–Trinajstić information content (AvgIpc) is 3.32. The third-order valence-electron chi connectivity index (χ3n) is 12.0. The summed E-state index contributed by atoms with van der Waals surface area (Å²) in [6, 6.07) is 15.9. The Balaban J connectivity index is 1.79. The molecule has 53 heavy (non-hydrogen) atoms. The van der Waals surface area contributed by atoms with E-state index in [-0.39, 0.29) is 20.8 Å². The summed E-state index contributed by atoms with van der Waals surface area (Å²) in [4.78, 5) is 16.9. The van der Waals surface area contributed by atoms with Crippen molar-refractivity contribution in [1.29, 1.82) is 0 Å². The Morgan fingerprint density at radius 3 is 1.87 bits per heavy atom. The highest BCUT2D eigenvalue weighted by Gasteiger charge is 2.55. The van der Waals surface area contributed by atoms with Gasteiger partial charge in [-0.2, -0.15) is 0 Å². The van der Waals surface area contributed by atoms with Crippen molar-refractivity contribution in [3.63, 3.8) is 0 Å². The van der Waals surface area contributed by atoms with Gasteiger partial charge in [0.15, 0.2) is 31.2 Å². The first-order valence-electron chi connectivity index (χ1n) is 18.9. The third-order valence-corrected chi connectivity index (χ3v) is 25.9. The van der Waals surface area contributed by atoms with Gasteiger partial charge < -0.3 is 22.8 Å². The molecule has 1 saturated heterocycles. The van der Waals surface area contributed by atoms with Gasteiger partial charge in [0.05, 0.1) is 6.61 Å². The van der Waals surface area contributed by atoms with Gasteiger partial charge in [-0.3, -0.25) is 9.55 Å². The number of aromatic nitrogens is 2. The number of hydrogen-bond acceptors (Lipinski definition) is 7. The van der Waals surface area contributed by atoms with Crippen LogP contribution >= 0.6 is 12.2 Å². The molecule has 294 valence electrons. The summed E-state index contributed by atoms with van der Waals surface area (Å²) in [5, 5.41) is -0.134. The van der Waals surface area contributed by atoms with Crippen molar-refractivity contribution in [3.05, 3.63) is 86.5 Å². The number of H-pyrrole nitrogens is 1. The summed E-state index contributed by atoms with van der Waals surface area (Å²) in [5.41, 5.74) is 2.62. The minimum atomic E-state index is -2.41. The van der Waals surface area contributed by atoms with Crippen LogP contribution < -0.4 is 10.4 Å². The molecule has 1 N–H and O–H groups in total. The lowest BCUT2D eigenvalue weighted by molar-refractivity contribution is -0.0510. The van der Waals surface area contributed by atoms with Crippen molar-refractivity contribution < 1.29 is 22.8 Å². The molecule has 3 aromatic rings. The molecule has 2 aromatic carbocycles. The largest absolute Gasteiger partial charge is 0.457 e. The third kappa shape index (κ3) is 10.4. The summed E-state index contributed by atoms with van der Waals surface area (Å²) in [6.45, 7) is 36.0. The topological polar surface area (TPSA) is 83.9 Å². The summed E-state index contributed by atoms with van der Waals surface area (Å²) in [6.07, 6.45) is 0.117. The fourth-order valence-corrected chi connectivity index (χ4v) is 9.23. The van der Waals surface area contributed by atoms with Crippen LogP contribution in [0.25, 0.3) is 0 Å². The number of hydrogen-bond donors (Lipinski definition) is 1. The maximum Gasteiger partial charge on any atom is 0.328 e. The number of ether oxygens (including phenoxy) is 2. The van der Waals surface area contributed by atoms with Crippen LogP contribution in [0.5, 0.6) is 11.5 Å². The number of aromatic amines is 1. The van der Waals surface area contributed by atoms with Gasteiger partial charge in [0.1, 0.15) is 34.5 Å². The Morgan fingerprint density at radius 2 is 1.32 bits per heavy atom. The summed E-state index contributed by atoms with van der Waals surface area (Å²) < 4.78 is 36.6. The maximum atomic E-state index is 14.0. The van der Waals surface area contributed by atoms with Gasteiger partial charge in [-0.05, 0) is 91.1 Å². The number of nitrogens with one attached hydrogen (secondary N) is 1. The van der Waals surface area contributed by atoms with Crippen molar-refractivity contribution >= 4 is 37.2 Å². The van der Waals surface area contributed by atoms with Gasteiger partial charge in [-0.15, -0.1) is 0 Å². The lowest BCUT2D eigenvalue weighted by Gasteiger charge is -2.44. The molecule has 1 fully saturated rings. The van der Waals surface area contributed by atoms with Crippen LogP contribution in [0.4, 0.5) is 0 Å². The highest BCUT2D eigenvalue weighted by Crippen LogP contribution is 2.46. The van der Waals surface area contributed by atoms with E-state index in [1.165, 1.54) is 5.56 Å². The lowest BCUT2D eigenvalue weighted by atomic mass is 10.1. The van der Waals surface area contributed by atoms with Crippen molar-refractivity contribution in [2.45, 2.75) is 155 Å². The van der Waals surface area contributed by atoms with E-state index in [0.717, 1.165) is 22.6 Å². The zero-order chi connectivity index (χ0) is 39.9. The first kappa shape index (κ1) is 43.6. The van der Waals surface area contributed by atoms with Gasteiger partial charge in [0.25, 0.3) is 0 Å². The van der Waals surface area contributed by atoms with E-state index in [1.54, 1.807) is 4.57 Å². The van der Waals surface area contributed by atoms with Crippen LogP contribution in [-0.4, -0.2) is 59.4 Å². The lowest BCUT2D eigenvalue weighted by Crippen LogP contribution is -2.54. The van der Waals surface area contributed by atoms with E-state index >= 15 is 0 Å². The van der Waals surface area contributed by atoms with Gasteiger partial charge in [-0.25, -0.2) is 4.79 Å². The molecule has 12 heteroatoms. The number of nitrogens with zero attached hydrogens (tertiary/aromatic N) is 1. The molecule has 4 atom stereocenters. The van der Waals surface area contributed by atoms with Crippen molar-refractivity contribution in [2.24, 2.45) is 0 Å². The second-order valence-corrected chi connectivity index (χ2v) is 34.1. The molecule has 1 aromatic heterocycles. The minimum absolute atomic E-state index is 0.0143. The van der Waals surface area contributed by atoms with Crippen LogP contribution in [0.1, 0.15) is 85.2 Å². The molecule has 0 aliphatic carbocycles. The zero-order valence-corrected chi connectivity index (χ0v) is 39.0. The van der Waals surface area contributed by atoms with E-state index in [4.69, 9.17) is 35.0 Å². The van der Waals surface area contributed by atoms with E-state index in [9.17, 15) is 4.79 Å². The Hall–Kier alpha value is -2.17. The number of benzene rings is 2. The number of rotatable bonds is 12. The Labute approximate surface area is 327 Å². The van der Waals surface area contributed by atoms with E-state index in [0.29, 0.717) is 17.7 Å². The molecule has 0 unspecified atom stereocenters. The molecular weight excluding hydrogens is 733 g/mol. The maximum absolute atomic E-state index is 14.0. The van der Waals surface area contributed by atoms with Crippen LogP contribution in [0, 0.1) is 11.6 Å². The predicted octanol–water partition coefficient (Wildman–Crippen LogP) is 11.3. The van der Waals surface area contributed by atoms with E-state index < -0.39 is 49.5 Å². The summed E-state index contributed by atoms with van der Waals surface area (Å²) in [5.74, 6) is 1.50. The molecule has 1 aliphatic heterocycles. The standard InChI is InChI=1S/C41H66N2O6SSi3/c1-28-20-22-31(23-21-28)46-32-19-17-18-29(25-32)24-30-26-43(38(44)42-36(30)50)37-35(49-53(15,16)41(8,9)10)34(48-52(13,14)40(5,6)7)33(47-37)27-45-51(11,12)39(2,3)4/h17-23,25-26,33-35,37H,24,27H2,1-16H3,(H,42,44,50)/t33-,34-,35-,37-/m1/s1. The SMILES string of the molecule is Cc1ccc(Oc2cccc(Cc3cn([C@@H]4O[C@H](CO[Si](C)(C)C(C)(C)C)[C@@H](O[Si](C)(C)C(C)(C)C)[C@H]4O[Si](C)(C)C(C)(C)C)c(=O)[nH]c3=S)c2)cc1. The Kier molecular flexibility index (Phi) is 13.0. The predicted molar refractivity (Wildman–Crippen MR) is 228 cm³/mol. The monoisotopic (exact) mass is 798 g/mol. The van der Waals surface area contributed by atoms with E-state index in [2.05, 4.69) is 114 Å². The van der Waals surface area contributed by atoms with Gasteiger partial charge in [-0.1, -0.05) is 104 Å². The summed E-state index contributed by atoms with van der Waals surface area (Å²) >= 11 is 5.77. The normalized spacial score (nSPS) is 20.5. The van der Waals surface area contributed by atoms with Gasteiger partial charge in [0, 0.05) is 18.2 Å². The molecular formula is C41H66N2O6SSi3. The first-order valence-corrected chi connectivity index (χ1v) is 28.1. The van der Waals surface area contributed by atoms with Crippen LogP contribution in [0.15, 0.2) is 59.5 Å².